The Morgan fingerprint density at radius 3 is 2.21 bits per heavy atom. The molecule has 8 heteroatoms. The molecular weight excluding hydrogens is 438 g/mol. The number of rotatable bonds is 8. The number of nitrogens with one attached hydrogen (secondary N) is 1. The number of anilines is 1. The van der Waals surface area contributed by atoms with Crippen LogP contribution in [0, 0.1) is 11.8 Å². The molecule has 0 spiro atoms. The molecule has 0 bridgehead atoms. The van der Waals surface area contributed by atoms with E-state index in [4.69, 9.17) is 4.74 Å². The summed E-state index contributed by atoms with van der Waals surface area (Å²) in [4.78, 5) is 43.2. The SMILES string of the molecule is COc1ccc(N2CCC(NC(=O)C(CCSC)N3C(=O)C4CCCCC4C3=O)CC2)cc1. The Balaban J connectivity index is 1.37. The Hall–Kier alpha value is -2.22. The summed E-state index contributed by atoms with van der Waals surface area (Å²) in [5.41, 5.74) is 1.15. The van der Waals surface area contributed by atoms with Crippen LogP contribution < -0.4 is 15.0 Å². The van der Waals surface area contributed by atoms with Gasteiger partial charge in [0.15, 0.2) is 0 Å². The van der Waals surface area contributed by atoms with E-state index in [2.05, 4.69) is 22.3 Å². The summed E-state index contributed by atoms with van der Waals surface area (Å²) in [6.45, 7) is 1.69. The van der Waals surface area contributed by atoms with E-state index in [1.165, 1.54) is 4.90 Å². The second kappa shape index (κ2) is 10.8. The van der Waals surface area contributed by atoms with E-state index >= 15 is 0 Å². The van der Waals surface area contributed by atoms with Gasteiger partial charge in [0.25, 0.3) is 0 Å². The Labute approximate surface area is 200 Å². The number of carbonyl (C=O) groups excluding carboxylic acids is 3. The highest BCUT2D eigenvalue weighted by Crippen LogP contribution is 2.39. The van der Waals surface area contributed by atoms with Gasteiger partial charge in [0, 0.05) is 24.8 Å². The first-order chi connectivity index (χ1) is 16.0. The minimum atomic E-state index is -0.692. The number of thioether (sulfide) groups is 1. The monoisotopic (exact) mass is 473 g/mol. The third-order valence-electron chi connectivity index (χ3n) is 7.36. The molecule has 0 aromatic heterocycles. The number of methoxy groups -OCH3 is 1. The smallest absolute Gasteiger partial charge is 0.243 e. The van der Waals surface area contributed by atoms with Gasteiger partial charge in [-0.3, -0.25) is 19.3 Å². The van der Waals surface area contributed by atoms with E-state index in [0.29, 0.717) is 6.42 Å². The lowest BCUT2D eigenvalue weighted by Gasteiger charge is -2.35. The van der Waals surface area contributed by atoms with Crippen LogP contribution in [-0.2, 0) is 14.4 Å². The van der Waals surface area contributed by atoms with E-state index in [0.717, 1.165) is 68.8 Å². The van der Waals surface area contributed by atoms with Crippen LogP contribution in [0.15, 0.2) is 24.3 Å². The van der Waals surface area contributed by atoms with Gasteiger partial charge in [-0.2, -0.15) is 11.8 Å². The van der Waals surface area contributed by atoms with Gasteiger partial charge < -0.3 is 15.0 Å². The number of benzene rings is 1. The topological polar surface area (TPSA) is 79.0 Å². The summed E-state index contributed by atoms with van der Waals surface area (Å²) in [6, 6.07) is 7.39. The quantitative estimate of drug-likeness (QED) is 0.585. The fourth-order valence-corrected chi connectivity index (χ4v) is 5.93. The van der Waals surface area contributed by atoms with Gasteiger partial charge in [0.05, 0.1) is 18.9 Å². The third-order valence-corrected chi connectivity index (χ3v) is 8.01. The Morgan fingerprint density at radius 1 is 1.06 bits per heavy atom. The molecule has 1 saturated carbocycles. The number of likely N-dealkylation sites (tertiary alicyclic amines) is 1. The molecule has 1 aromatic carbocycles. The number of hydrogen-bond acceptors (Lipinski definition) is 6. The van der Waals surface area contributed by atoms with Gasteiger partial charge in [0.1, 0.15) is 11.8 Å². The van der Waals surface area contributed by atoms with Crippen LogP contribution in [-0.4, -0.2) is 66.9 Å². The van der Waals surface area contributed by atoms with Crippen molar-refractivity contribution >= 4 is 35.2 Å². The summed E-state index contributed by atoms with van der Waals surface area (Å²) >= 11 is 1.64. The molecular formula is C25H35N3O4S. The minimum Gasteiger partial charge on any atom is -0.497 e. The van der Waals surface area contributed by atoms with E-state index in [9.17, 15) is 14.4 Å². The van der Waals surface area contributed by atoms with Crippen LogP contribution in [0.1, 0.15) is 44.9 Å². The summed E-state index contributed by atoms with van der Waals surface area (Å²) in [5.74, 6) is 0.712. The maximum absolute atomic E-state index is 13.3. The molecule has 3 atom stereocenters. The lowest BCUT2D eigenvalue weighted by atomic mass is 9.81. The number of fused-ring (bicyclic) bond motifs is 1. The molecule has 2 saturated heterocycles. The lowest BCUT2D eigenvalue weighted by molar-refractivity contribution is -0.148. The minimum absolute atomic E-state index is 0.0545. The average Bonchev–Trinajstić information content (AvgIpc) is 3.10. The highest BCUT2D eigenvalue weighted by molar-refractivity contribution is 7.98. The molecule has 4 rings (SSSR count). The van der Waals surface area contributed by atoms with Gasteiger partial charge in [0.2, 0.25) is 17.7 Å². The van der Waals surface area contributed by atoms with Crippen molar-refractivity contribution in [2.45, 2.75) is 57.0 Å². The van der Waals surface area contributed by atoms with Crippen LogP contribution in [0.2, 0.25) is 0 Å². The highest BCUT2D eigenvalue weighted by Gasteiger charge is 2.51. The summed E-state index contributed by atoms with van der Waals surface area (Å²) < 4.78 is 5.24. The Bertz CT molecular complexity index is 830. The zero-order chi connectivity index (χ0) is 23.4. The zero-order valence-corrected chi connectivity index (χ0v) is 20.4. The van der Waals surface area contributed by atoms with Crippen LogP contribution in [0.4, 0.5) is 5.69 Å². The van der Waals surface area contributed by atoms with Gasteiger partial charge in [-0.15, -0.1) is 0 Å². The molecule has 180 valence electrons. The normalized spacial score (nSPS) is 24.5. The molecule has 1 N–H and O–H groups in total. The lowest BCUT2D eigenvalue weighted by Crippen LogP contribution is -2.54. The van der Waals surface area contributed by atoms with E-state index in [1.807, 2.05) is 18.4 Å². The van der Waals surface area contributed by atoms with Gasteiger partial charge in [-0.25, -0.2) is 0 Å². The molecule has 3 unspecified atom stereocenters. The number of piperidine rings is 1. The molecule has 2 heterocycles. The maximum Gasteiger partial charge on any atom is 0.243 e. The Morgan fingerprint density at radius 2 is 1.67 bits per heavy atom. The number of ether oxygens (including phenoxy) is 1. The van der Waals surface area contributed by atoms with Crippen LogP contribution in [0.3, 0.4) is 0 Å². The first-order valence-corrected chi connectivity index (χ1v) is 13.5. The average molecular weight is 474 g/mol. The van der Waals surface area contributed by atoms with Crippen molar-refractivity contribution in [2.75, 3.05) is 37.1 Å². The fourth-order valence-electron chi connectivity index (χ4n) is 5.47. The van der Waals surface area contributed by atoms with Crippen molar-refractivity contribution in [3.8, 4) is 5.75 Å². The van der Waals surface area contributed by atoms with E-state index in [-0.39, 0.29) is 35.6 Å². The maximum atomic E-state index is 13.3. The van der Waals surface area contributed by atoms with Gasteiger partial charge in [-0.1, -0.05) is 12.8 Å². The van der Waals surface area contributed by atoms with Crippen molar-refractivity contribution in [2.24, 2.45) is 11.8 Å². The molecule has 3 aliphatic rings. The molecule has 3 amide bonds. The van der Waals surface area contributed by atoms with Gasteiger partial charge in [-0.05, 0) is 68.4 Å². The number of imide groups is 1. The predicted octanol–water partition coefficient (Wildman–Crippen LogP) is 3.08. The molecule has 1 aliphatic carbocycles. The van der Waals surface area contributed by atoms with Crippen molar-refractivity contribution < 1.29 is 19.1 Å². The first-order valence-electron chi connectivity index (χ1n) is 12.1. The number of amides is 3. The number of nitrogens with zero attached hydrogens (tertiary/aromatic N) is 2. The fraction of sp³-hybridized carbons (Fsp3) is 0.640. The molecule has 3 fully saturated rings. The van der Waals surface area contributed by atoms with Crippen molar-refractivity contribution in [1.82, 2.24) is 10.2 Å². The highest BCUT2D eigenvalue weighted by atomic mass is 32.2. The van der Waals surface area contributed by atoms with Crippen LogP contribution >= 0.6 is 11.8 Å². The number of carbonyl (C=O) groups is 3. The standard InChI is InChI=1S/C25H35N3O4S/c1-32-19-9-7-18(8-10-19)27-14-11-17(12-15-27)26-23(29)22(13-16-33-2)28-24(30)20-5-3-4-6-21(20)25(28)31/h7-10,17,20-22H,3-6,11-16H2,1-2H3,(H,26,29). The van der Waals surface area contributed by atoms with E-state index in [1.54, 1.807) is 18.9 Å². The largest absolute Gasteiger partial charge is 0.497 e. The van der Waals surface area contributed by atoms with Gasteiger partial charge >= 0.3 is 0 Å². The van der Waals surface area contributed by atoms with Crippen LogP contribution in [0.5, 0.6) is 5.75 Å². The predicted molar refractivity (Wildman–Crippen MR) is 130 cm³/mol. The zero-order valence-electron chi connectivity index (χ0n) is 19.6. The summed E-state index contributed by atoms with van der Waals surface area (Å²) in [7, 11) is 1.66. The molecule has 7 nitrogen and oxygen atoms in total. The molecule has 1 aromatic rings. The van der Waals surface area contributed by atoms with E-state index < -0.39 is 6.04 Å². The molecule has 2 aliphatic heterocycles. The summed E-state index contributed by atoms with van der Waals surface area (Å²) in [6.07, 6.45) is 7.68. The van der Waals surface area contributed by atoms with Crippen LogP contribution in [0.25, 0.3) is 0 Å². The summed E-state index contributed by atoms with van der Waals surface area (Å²) in [5, 5.41) is 3.18. The molecule has 33 heavy (non-hydrogen) atoms. The number of hydrogen-bond donors (Lipinski definition) is 1. The second-order valence-corrected chi connectivity index (χ2v) is 10.3. The van der Waals surface area contributed by atoms with Crippen molar-refractivity contribution in [3.05, 3.63) is 24.3 Å². The third kappa shape index (κ3) is 5.15. The second-order valence-electron chi connectivity index (χ2n) is 9.31. The Kier molecular flexibility index (Phi) is 7.83. The van der Waals surface area contributed by atoms with Crippen molar-refractivity contribution in [3.63, 3.8) is 0 Å². The molecule has 0 radical (unpaired) electrons. The first kappa shape index (κ1) is 23.9. The van der Waals surface area contributed by atoms with Crippen molar-refractivity contribution in [1.29, 1.82) is 0 Å².